The molecule has 0 spiro atoms. The van der Waals surface area contributed by atoms with Crippen molar-refractivity contribution in [3.05, 3.63) is 42.2 Å². The highest BCUT2D eigenvalue weighted by atomic mass is 14.6. The van der Waals surface area contributed by atoms with E-state index in [1.54, 1.807) is 0 Å². The van der Waals surface area contributed by atoms with E-state index in [4.69, 9.17) is 0 Å². The molecule has 0 atom stereocenters. The minimum absolute atomic E-state index is 0. The Morgan fingerprint density at radius 2 is 1.69 bits per heavy atom. The minimum atomic E-state index is 0. The molecule has 0 aliphatic carbocycles. The molecule has 1 heteroatoms. The number of hydrogen-bond acceptors (Lipinski definition) is 1. The van der Waals surface area contributed by atoms with Crippen LogP contribution in [0.25, 0.3) is 10.8 Å². The largest absolute Gasteiger partial charge is 0.264 e. The standard InChI is InChI=1S/C12H13N.C2H6.CH4/c1-9(2)10-3-4-12-8-13-6-5-11(12)7-10;1-2;/h3-9H,1-2H3;1-2H3;1H4. The Hall–Kier alpha value is -1.37. The summed E-state index contributed by atoms with van der Waals surface area (Å²) >= 11 is 0. The average Bonchev–Trinajstić information content (AvgIpc) is 2.31. The van der Waals surface area contributed by atoms with Crippen molar-refractivity contribution in [3.63, 3.8) is 0 Å². The zero-order valence-electron chi connectivity index (χ0n) is 9.99. The Bertz CT molecular complexity index is 418. The van der Waals surface area contributed by atoms with Gasteiger partial charge in [-0.15, -0.1) is 0 Å². The van der Waals surface area contributed by atoms with Crippen molar-refractivity contribution < 1.29 is 0 Å². The first-order valence-electron chi connectivity index (χ1n) is 5.61. The van der Waals surface area contributed by atoms with Crippen molar-refractivity contribution in [1.82, 2.24) is 4.98 Å². The maximum Gasteiger partial charge on any atom is 0.0346 e. The maximum atomic E-state index is 4.09. The molecule has 2 rings (SSSR count). The van der Waals surface area contributed by atoms with Crippen LogP contribution in [0.5, 0.6) is 0 Å². The van der Waals surface area contributed by atoms with E-state index >= 15 is 0 Å². The number of pyridine rings is 1. The number of fused-ring (bicyclic) bond motifs is 1. The number of hydrogen-bond donors (Lipinski definition) is 0. The lowest BCUT2D eigenvalue weighted by molar-refractivity contribution is 0.869. The van der Waals surface area contributed by atoms with Gasteiger partial charge in [-0.3, -0.25) is 4.98 Å². The first-order chi connectivity index (χ1) is 7.27. The molecule has 0 bridgehead atoms. The van der Waals surface area contributed by atoms with Gasteiger partial charge in [0.2, 0.25) is 0 Å². The van der Waals surface area contributed by atoms with Crippen molar-refractivity contribution in [1.29, 1.82) is 0 Å². The van der Waals surface area contributed by atoms with Crippen LogP contribution in [0.4, 0.5) is 0 Å². The van der Waals surface area contributed by atoms with Gasteiger partial charge in [-0.2, -0.15) is 0 Å². The molecule has 1 aromatic carbocycles. The summed E-state index contributed by atoms with van der Waals surface area (Å²) in [6, 6.07) is 8.61. The maximum absolute atomic E-state index is 4.09. The van der Waals surface area contributed by atoms with Crippen molar-refractivity contribution in [2.45, 2.75) is 41.0 Å². The average molecular weight is 217 g/mol. The summed E-state index contributed by atoms with van der Waals surface area (Å²) in [6.07, 6.45) is 3.74. The van der Waals surface area contributed by atoms with E-state index < -0.39 is 0 Å². The normalized spacial score (nSPS) is 9.31. The van der Waals surface area contributed by atoms with Crippen LogP contribution in [-0.4, -0.2) is 4.98 Å². The molecule has 1 nitrogen and oxygen atoms in total. The highest BCUT2D eigenvalue weighted by molar-refractivity contribution is 5.82. The lowest BCUT2D eigenvalue weighted by Gasteiger charge is -2.05. The second-order valence-electron chi connectivity index (χ2n) is 3.64. The van der Waals surface area contributed by atoms with Gasteiger partial charge >= 0.3 is 0 Å². The van der Waals surface area contributed by atoms with Crippen LogP contribution in [0.15, 0.2) is 36.7 Å². The van der Waals surface area contributed by atoms with E-state index in [0.717, 1.165) is 0 Å². The lowest BCUT2D eigenvalue weighted by atomic mass is 10.0. The Labute approximate surface area is 99.5 Å². The number of rotatable bonds is 1. The fourth-order valence-electron chi connectivity index (χ4n) is 1.46. The van der Waals surface area contributed by atoms with Crippen LogP contribution < -0.4 is 0 Å². The van der Waals surface area contributed by atoms with Gasteiger partial charge in [-0.25, -0.2) is 0 Å². The van der Waals surface area contributed by atoms with E-state index in [0.29, 0.717) is 5.92 Å². The monoisotopic (exact) mass is 217 g/mol. The SMILES string of the molecule is C.CC.CC(C)c1ccc2cnccc2c1. The van der Waals surface area contributed by atoms with Crippen molar-refractivity contribution in [2.75, 3.05) is 0 Å². The van der Waals surface area contributed by atoms with Gasteiger partial charge < -0.3 is 0 Å². The van der Waals surface area contributed by atoms with E-state index in [2.05, 4.69) is 43.1 Å². The summed E-state index contributed by atoms with van der Waals surface area (Å²) in [5.41, 5.74) is 1.39. The second kappa shape index (κ2) is 7.00. The molecule has 0 aliphatic rings. The third kappa shape index (κ3) is 3.34. The van der Waals surface area contributed by atoms with Crippen LogP contribution in [-0.2, 0) is 0 Å². The number of nitrogens with zero attached hydrogens (tertiary/aromatic N) is 1. The molecular formula is C15H23N. The van der Waals surface area contributed by atoms with Crippen molar-refractivity contribution in [2.24, 2.45) is 0 Å². The Balaban J connectivity index is 0.000000711. The van der Waals surface area contributed by atoms with Crippen LogP contribution in [0, 0.1) is 0 Å². The third-order valence-electron chi connectivity index (χ3n) is 2.33. The van der Waals surface area contributed by atoms with E-state index in [-0.39, 0.29) is 7.43 Å². The highest BCUT2D eigenvalue weighted by Crippen LogP contribution is 2.20. The van der Waals surface area contributed by atoms with Crippen molar-refractivity contribution >= 4 is 10.8 Å². The van der Waals surface area contributed by atoms with E-state index in [1.807, 2.05) is 26.2 Å². The predicted octanol–water partition coefficient (Wildman–Crippen LogP) is 5.02. The Morgan fingerprint density at radius 3 is 2.31 bits per heavy atom. The predicted molar refractivity (Wildman–Crippen MR) is 73.9 cm³/mol. The number of aromatic nitrogens is 1. The van der Waals surface area contributed by atoms with Crippen molar-refractivity contribution in [3.8, 4) is 0 Å². The van der Waals surface area contributed by atoms with Crippen LogP contribution in [0.2, 0.25) is 0 Å². The minimum Gasteiger partial charge on any atom is -0.264 e. The fraction of sp³-hybridized carbons (Fsp3) is 0.400. The molecular weight excluding hydrogens is 194 g/mol. The molecule has 1 heterocycles. The summed E-state index contributed by atoms with van der Waals surface area (Å²) in [4.78, 5) is 4.09. The van der Waals surface area contributed by atoms with Gasteiger partial charge in [-0.05, 0) is 22.9 Å². The smallest absolute Gasteiger partial charge is 0.0346 e. The summed E-state index contributed by atoms with van der Waals surface area (Å²) < 4.78 is 0. The quantitative estimate of drug-likeness (QED) is 0.653. The third-order valence-corrected chi connectivity index (χ3v) is 2.33. The molecule has 0 saturated heterocycles. The van der Waals surface area contributed by atoms with Crippen LogP contribution in [0.1, 0.15) is 46.6 Å². The molecule has 0 aliphatic heterocycles. The molecule has 16 heavy (non-hydrogen) atoms. The van der Waals surface area contributed by atoms with Gasteiger partial charge in [0, 0.05) is 17.8 Å². The lowest BCUT2D eigenvalue weighted by Crippen LogP contribution is -1.86. The van der Waals surface area contributed by atoms with Gasteiger partial charge in [-0.1, -0.05) is 53.3 Å². The Kier molecular flexibility index (Phi) is 6.40. The highest BCUT2D eigenvalue weighted by Gasteiger charge is 1.99. The summed E-state index contributed by atoms with van der Waals surface area (Å²) in [7, 11) is 0. The summed E-state index contributed by atoms with van der Waals surface area (Å²) in [6.45, 7) is 8.42. The van der Waals surface area contributed by atoms with Gasteiger partial charge in [0.05, 0.1) is 0 Å². The van der Waals surface area contributed by atoms with E-state index in [1.165, 1.54) is 16.3 Å². The summed E-state index contributed by atoms with van der Waals surface area (Å²) in [5.74, 6) is 0.595. The number of benzene rings is 1. The summed E-state index contributed by atoms with van der Waals surface area (Å²) in [5, 5.41) is 2.49. The van der Waals surface area contributed by atoms with Gasteiger partial charge in [0.15, 0.2) is 0 Å². The second-order valence-corrected chi connectivity index (χ2v) is 3.64. The molecule has 0 radical (unpaired) electrons. The topological polar surface area (TPSA) is 12.9 Å². The molecule has 88 valence electrons. The zero-order valence-corrected chi connectivity index (χ0v) is 9.99. The first kappa shape index (κ1) is 14.6. The van der Waals surface area contributed by atoms with Crippen LogP contribution in [0.3, 0.4) is 0 Å². The molecule has 0 fully saturated rings. The molecule has 0 N–H and O–H groups in total. The fourth-order valence-corrected chi connectivity index (χ4v) is 1.46. The molecule has 0 saturated carbocycles. The van der Waals surface area contributed by atoms with Gasteiger partial charge in [0.1, 0.15) is 0 Å². The molecule has 2 aromatic rings. The van der Waals surface area contributed by atoms with Crippen LogP contribution >= 0.6 is 0 Å². The zero-order chi connectivity index (χ0) is 11.3. The molecule has 1 aromatic heterocycles. The first-order valence-corrected chi connectivity index (χ1v) is 5.61. The molecule has 0 unspecified atom stereocenters. The van der Waals surface area contributed by atoms with Gasteiger partial charge in [0.25, 0.3) is 0 Å². The van der Waals surface area contributed by atoms with E-state index in [9.17, 15) is 0 Å². The Morgan fingerprint density at radius 1 is 1.00 bits per heavy atom. The molecule has 0 amide bonds.